The van der Waals surface area contributed by atoms with E-state index in [9.17, 15) is 9.18 Å². The number of hydrogen-bond acceptors (Lipinski definition) is 3. The van der Waals surface area contributed by atoms with Gasteiger partial charge in [0.1, 0.15) is 5.82 Å². The van der Waals surface area contributed by atoms with Crippen LogP contribution in [0.2, 0.25) is 5.02 Å². The molecule has 1 amide bonds. The lowest BCUT2D eigenvalue weighted by Crippen LogP contribution is -2.28. The minimum absolute atomic E-state index is 0.259. The van der Waals surface area contributed by atoms with Gasteiger partial charge in [0.05, 0.1) is 29.4 Å². The summed E-state index contributed by atoms with van der Waals surface area (Å²) in [6.45, 7) is 6.13. The molecule has 0 bridgehead atoms. The molecule has 0 aliphatic rings. The number of nitriles is 1. The highest BCUT2D eigenvalue weighted by molar-refractivity contribution is 6.31. The van der Waals surface area contributed by atoms with Crippen LogP contribution in [-0.2, 0) is 11.3 Å². The maximum atomic E-state index is 14.0. The standard InChI is InChI=1S/C22H20ClFN4O/c1-14(22(29)27-15(2)21-18(23)6-3-7-19(21)24)5-4-10-28-20-9-8-16(12-25)11-17(20)13-26-28/h3,6-9,11,13,15H,1,4-5,10H2,2H3,(H,27,29)/t15-/m0/s1. The lowest BCUT2D eigenvalue weighted by molar-refractivity contribution is -0.118. The van der Waals surface area contributed by atoms with Crippen LogP contribution in [0, 0.1) is 17.1 Å². The molecule has 3 rings (SSSR count). The summed E-state index contributed by atoms with van der Waals surface area (Å²) in [5, 5.41) is 17.2. The molecule has 148 valence electrons. The van der Waals surface area contributed by atoms with Crippen molar-refractivity contribution in [2.45, 2.75) is 32.4 Å². The Morgan fingerprint density at radius 1 is 1.41 bits per heavy atom. The molecule has 7 heteroatoms. The second-order valence-electron chi connectivity index (χ2n) is 6.79. The van der Waals surface area contributed by atoms with Gasteiger partial charge in [-0.2, -0.15) is 10.4 Å². The molecule has 0 aliphatic heterocycles. The number of nitrogens with one attached hydrogen (secondary N) is 1. The van der Waals surface area contributed by atoms with E-state index in [4.69, 9.17) is 16.9 Å². The third kappa shape index (κ3) is 4.64. The highest BCUT2D eigenvalue weighted by Crippen LogP contribution is 2.26. The van der Waals surface area contributed by atoms with Crippen molar-refractivity contribution in [3.63, 3.8) is 0 Å². The quantitative estimate of drug-likeness (QED) is 0.562. The molecule has 0 saturated carbocycles. The van der Waals surface area contributed by atoms with Crippen molar-refractivity contribution < 1.29 is 9.18 Å². The van der Waals surface area contributed by atoms with E-state index in [1.165, 1.54) is 12.1 Å². The maximum Gasteiger partial charge on any atom is 0.247 e. The Labute approximate surface area is 173 Å². The fraction of sp³-hybridized carbons (Fsp3) is 0.227. The summed E-state index contributed by atoms with van der Waals surface area (Å²) in [4.78, 5) is 12.4. The minimum atomic E-state index is -0.572. The fourth-order valence-corrected chi connectivity index (χ4v) is 3.51. The molecule has 0 radical (unpaired) electrons. The van der Waals surface area contributed by atoms with Gasteiger partial charge < -0.3 is 5.32 Å². The van der Waals surface area contributed by atoms with Crippen LogP contribution >= 0.6 is 11.6 Å². The molecule has 0 spiro atoms. The SMILES string of the molecule is C=C(CCCn1ncc2cc(C#N)ccc21)C(=O)N[C@@H](C)c1c(F)cccc1Cl. The van der Waals surface area contributed by atoms with Crippen LogP contribution in [0.5, 0.6) is 0 Å². The van der Waals surface area contributed by atoms with E-state index in [1.807, 2.05) is 10.7 Å². The van der Waals surface area contributed by atoms with E-state index in [-0.39, 0.29) is 16.5 Å². The molecule has 1 N–H and O–H groups in total. The van der Waals surface area contributed by atoms with Crippen LogP contribution in [0.4, 0.5) is 4.39 Å². The molecular weight excluding hydrogens is 391 g/mol. The van der Waals surface area contributed by atoms with Gasteiger partial charge in [-0.1, -0.05) is 24.2 Å². The van der Waals surface area contributed by atoms with Crippen molar-refractivity contribution in [1.82, 2.24) is 15.1 Å². The number of carbonyl (C=O) groups is 1. The fourth-order valence-electron chi connectivity index (χ4n) is 3.19. The number of carbonyl (C=O) groups excluding carboxylic acids is 1. The van der Waals surface area contributed by atoms with Gasteiger partial charge in [0.2, 0.25) is 5.91 Å². The zero-order valence-corrected chi connectivity index (χ0v) is 16.7. The summed E-state index contributed by atoms with van der Waals surface area (Å²) >= 11 is 6.05. The first-order valence-electron chi connectivity index (χ1n) is 9.19. The Morgan fingerprint density at radius 2 is 2.21 bits per heavy atom. The highest BCUT2D eigenvalue weighted by Gasteiger charge is 2.18. The van der Waals surface area contributed by atoms with Crippen LogP contribution in [0.25, 0.3) is 10.9 Å². The van der Waals surface area contributed by atoms with Crippen molar-refractivity contribution in [2.24, 2.45) is 0 Å². The number of rotatable bonds is 7. The van der Waals surface area contributed by atoms with Crippen LogP contribution in [0.3, 0.4) is 0 Å². The van der Waals surface area contributed by atoms with Gasteiger partial charge in [-0.25, -0.2) is 4.39 Å². The number of benzene rings is 2. The van der Waals surface area contributed by atoms with E-state index in [0.29, 0.717) is 30.5 Å². The van der Waals surface area contributed by atoms with E-state index in [1.54, 1.807) is 31.3 Å². The summed E-state index contributed by atoms with van der Waals surface area (Å²) in [5.74, 6) is -0.790. The molecule has 0 aliphatic carbocycles. The van der Waals surface area contributed by atoms with Gasteiger partial charge in [-0.3, -0.25) is 9.48 Å². The zero-order valence-electron chi connectivity index (χ0n) is 16.0. The van der Waals surface area contributed by atoms with Crippen LogP contribution in [0.15, 0.2) is 54.7 Å². The largest absolute Gasteiger partial charge is 0.346 e. The van der Waals surface area contributed by atoms with E-state index < -0.39 is 11.9 Å². The zero-order chi connectivity index (χ0) is 21.0. The molecule has 29 heavy (non-hydrogen) atoms. The minimum Gasteiger partial charge on any atom is -0.346 e. The summed E-state index contributed by atoms with van der Waals surface area (Å²) < 4.78 is 15.8. The maximum absolute atomic E-state index is 14.0. The monoisotopic (exact) mass is 410 g/mol. The highest BCUT2D eigenvalue weighted by atomic mass is 35.5. The molecule has 0 fully saturated rings. The lowest BCUT2D eigenvalue weighted by atomic mass is 10.1. The first-order valence-corrected chi connectivity index (χ1v) is 9.56. The second kappa shape index (κ2) is 8.89. The van der Waals surface area contributed by atoms with Gasteiger partial charge in [-0.15, -0.1) is 0 Å². The lowest BCUT2D eigenvalue weighted by Gasteiger charge is -2.17. The van der Waals surface area contributed by atoms with Crippen LogP contribution in [-0.4, -0.2) is 15.7 Å². The number of hydrogen-bond donors (Lipinski definition) is 1. The van der Waals surface area contributed by atoms with E-state index in [2.05, 4.69) is 23.1 Å². The Kier molecular flexibility index (Phi) is 6.30. The molecule has 0 unspecified atom stereocenters. The molecule has 1 heterocycles. The number of nitrogens with zero attached hydrogens (tertiary/aromatic N) is 3. The van der Waals surface area contributed by atoms with Crippen LogP contribution in [0.1, 0.15) is 36.9 Å². The Hall–Kier alpha value is -3.17. The number of halogens is 2. The van der Waals surface area contributed by atoms with Crippen molar-refractivity contribution in [3.8, 4) is 6.07 Å². The first-order chi connectivity index (χ1) is 13.9. The predicted octanol–water partition coefficient (Wildman–Crippen LogP) is 4.91. The molecule has 1 atom stereocenters. The Bertz CT molecular complexity index is 1100. The number of fused-ring (bicyclic) bond motifs is 1. The van der Waals surface area contributed by atoms with Crippen molar-refractivity contribution in [3.05, 3.63) is 76.7 Å². The normalized spacial score (nSPS) is 11.8. The molecule has 2 aromatic carbocycles. The third-order valence-electron chi connectivity index (χ3n) is 4.72. The first kappa shape index (κ1) is 20.6. The predicted molar refractivity (Wildman–Crippen MR) is 111 cm³/mol. The van der Waals surface area contributed by atoms with Gasteiger partial charge >= 0.3 is 0 Å². The van der Waals surface area contributed by atoms with Gasteiger partial charge in [0, 0.05) is 28.1 Å². The van der Waals surface area contributed by atoms with E-state index in [0.717, 1.165) is 10.9 Å². The average molecular weight is 411 g/mol. The summed E-state index contributed by atoms with van der Waals surface area (Å²) in [6.07, 6.45) is 2.86. The smallest absolute Gasteiger partial charge is 0.247 e. The topological polar surface area (TPSA) is 70.7 Å². The third-order valence-corrected chi connectivity index (χ3v) is 5.05. The second-order valence-corrected chi connectivity index (χ2v) is 7.20. The van der Waals surface area contributed by atoms with E-state index >= 15 is 0 Å². The molecule has 1 aromatic heterocycles. The number of aryl methyl sites for hydroxylation is 1. The molecule has 5 nitrogen and oxygen atoms in total. The Morgan fingerprint density at radius 3 is 2.93 bits per heavy atom. The molecule has 0 saturated heterocycles. The number of amides is 1. The van der Waals surface area contributed by atoms with Gasteiger partial charge in [-0.05, 0) is 50.1 Å². The molecular formula is C22H20ClFN4O. The van der Waals surface area contributed by atoms with Gasteiger partial charge in [0.15, 0.2) is 0 Å². The van der Waals surface area contributed by atoms with Crippen molar-refractivity contribution in [2.75, 3.05) is 0 Å². The van der Waals surface area contributed by atoms with Crippen LogP contribution < -0.4 is 5.32 Å². The van der Waals surface area contributed by atoms with Crippen molar-refractivity contribution in [1.29, 1.82) is 5.26 Å². The number of aromatic nitrogens is 2. The molecule has 3 aromatic rings. The Balaban J connectivity index is 1.56. The van der Waals surface area contributed by atoms with Gasteiger partial charge in [0.25, 0.3) is 0 Å². The average Bonchev–Trinajstić information content (AvgIpc) is 3.09. The summed E-state index contributed by atoms with van der Waals surface area (Å²) in [5.41, 5.74) is 2.19. The summed E-state index contributed by atoms with van der Waals surface area (Å²) in [7, 11) is 0. The summed E-state index contributed by atoms with van der Waals surface area (Å²) in [6, 6.07) is 11.4. The van der Waals surface area contributed by atoms with Crippen molar-refractivity contribution >= 4 is 28.4 Å².